The van der Waals surface area contributed by atoms with Gasteiger partial charge >= 0.3 is 0 Å². The Morgan fingerprint density at radius 1 is 1.31 bits per heavy atom. The lowest BCUT2D eigenvalue weighted by Crippen LogP contribution is -2.46. The Kier molecular flexibility index (Phi) is 3.56. The molecular formula is C11H19N3O2. The second kappa shape index (κ2) is 4.93. The van der Waals surface area contributed by atoms with Crippen LogP contribution >= 0.6 is 0 Å². The molecule has 2 N–H and O–H groups in total. The molecule has 2 rings (SSSR count). The highest BCUT2D eigenvalue weighted by molar-refractivity contribution is 5.02. The Hall–Kier alpha value is -0.940. The zero-order valence-electron chi connectivity index (χ0n) is 9.74. The van der Waals surface area contributed by atoms with Crippen molar-refractivity contribution in [3.05, 3.63) is 11.4 Å². The van der Waals surface area contributed by atoms with E-state index in [0.717, 1.165) is 24.2 Å². The second-order valence-corrected chi connectivity index (χ2v) is 4.71. The molecule has 0 unspecified atom stereocenters. The van der Waals surface area contributed by atoms with E-state index in [1.807, 2.05) is 6.92 Å². The summed E-state index contributed by atoms with van der Waals surface area (Å²) < 4.78 is 10.2. The predicted octanol–water partition coefficient (Wildman–Crippen LogP) is 1.56. The SMILES string of the molecule is Cc1nonc1COCC1(N)CCCCC1. The van der Waals surface area contributed by atoms with Gasteiger partial charge in [-0.05, 0) is 19.8 Å². The van der Waals surface area contributed by atoms with Crippen LogP contribution in [0.15, 0.2) is 4.63 Å². The molecular weight excluding hydrogens is 206 g/mol. The highest BCUT2D eigenvalue weighted by Gasteiger charge is 2.27. The minimum absolute atomic E-state index is 0.136. The molecule has 1 saturated carbocycles. The summed E-state index contributed by atoms with van der Waals surface area (Å²) >= 11 is 0. The normalized spacial score (nSPS) is 19.9. The molecule has 1 fully saturated rings. The molecule has 16 heavy (non-hydrogen) atoms. The van der Waals surface area contributed by atoms with E-state index in [0.29, 0.717) is 13.2 Å². The number of nitrogens with two attached hydrogens (primary N) is 1. The molecule has 0 saturated heterocycles. The minimum atomic E-state index is -0.136. The summed E-state index contributed by atoms with van der Waals surface area (Å²) in [6.45, 7) is 2.89. The van der Waals surface area contributed by atoms with Crippen molar-refractivity contribution in [2.45, 2.75) is 51.2 Å². The van der Waals surface area contributed by atoms with Gasteiger partial charge in [0, 0.05) is 5.54 Å². The van der Waals surface area contributed by atoms with Gasteiger partial charge in [-0.25, -0.2) is 4.63 Å². The number of rotatable bonds is 4. The monoisotopic (exact) mass is 225 g/mol. The number of ether oxygens (including phenoxy) is 1. The third-order valence-corrected chi connectivity index (χ3v) is 3.22. The molecule has 0 amide bonds. The smallest absolute Gasteiger partial charge is 0.133 e. The molecule has 0 aliphatic heterocycles. The van der Waals surface area contributed by atoms with E-state index in [1.165, 1.54) is 19.3 Å². The van der Waals surface area contributed by atoms with Crippen molar-refractivity contribution in [1.82, 2.24) is 10.3 Å². The van der Waals surface area contributed by atoms with Gasteiger partial charge in [-0.1, -0.05) is 29.6 Å². The molecule has 90 valence electrons. The van der Waals surface area contributed by atoms with Crippen LogP contribution in [0.4, 0.5) is 0 Å². The molecule has 1 aliphatic rings. The van der Waals surface area contributed by atoms with E-state index in [2.05, 4.69) is 14.9 Å². The Morgan fingerprint density at radius 3 is 2.69 bits per heavy atom. The van der Waals surface area contributed by atoms with Crippen molar-refractivity contribution >= 4 is 0 Å². The lowest BCUT2D eigenvalue weighted by molar-refractivity contribution is 0.0542. The zero-order valence-corrected chi connectivity index (χ0v) is 9.74. The van der Waals surface area contributed by atoms with Gasteiger partial charge in [-0.3, -0.25) is 0 Å². The van der Waals surface area contributed by atoms with Gasteiger partial charge in [-0.2, -0.15) is 0 Å². The first-order valence-corrected chi connectivity index (χ1v) is 5.84. The van der Waals surface area contributed by atoms with Crippen molar-refractivity contribution in [2.24, 2.45) is 5.73 Å². The highest BCUT2D eigenvalue weighted by Crippen LogP contribution is 2.26. The largest absolute Gasteiger partial charge is 0.373 e. The summed E-state index contributed by atoms with van der Waals surface area (Å²) in [7, 11) is 0. The molecule has 0 atom stereocenters. The number of hydrogen-bond acceptors (Lipinski definition) is 5. The summed E-state index contributed by atoms with van der Waals surface area (Å²) in [5, 5.41) is 7.47. The molecule has 0 bridgehead atoms. The van der Waals surface area contributed by atoms with Crippen molar-refractivity contribution in [3.63, 3.8) is 0 Å². The van der Waals surface area contributed by atoms with Gasteiger partial charge in [0.05, 0.1) is 13.2 Å². The molecule has 5 heteroatoms. The highest BCUT2D eigenvalue weighted by atomic mass is 16.6. The van der Waals surface area contributed by atoms with Gasteiger partial charge in [0.1, 0.15) is 11.4 Å². The first-order valence-electron chi connectivity index (χ1n) is 5.84. The Morgan fingerprint density at radius 2 is 2.06 bits per heavy atom. The fourth-order valence-electron chi connectivity index (χ4n) is 2.13. The van der Waals surface area contributed by atoms with Crippen molar-refractivity contribution in [2.75, 3.05) is 6.61 Å². The first kappa shape index (κ1) is 11.5. The Bertz CT molecular complexity index is 332. The van der Waals surface area contributed by atoms with Crippen molar-refractivity contribution < 1.29 is 9.37 Å². The second-order valence-electron chi connectivity index (χ2n) is 4.71. The van der Waals surface area contributed by atoms with Crippen LogP contribution < -0.4 is 5.73 Å². The average Bonchev–Trinajstić information content (AvgIpc) is 2.65. The molecule has 1 aliphatic carbocycles. The molecule has 1 aromatic heterocycles. The third-order valence-electron chi connectivity index (χ3n) is 3.22. The fraction of sp³-hybridized carbons (Fsp3) is 0.818. The summed E-state index contributed by atoms with van der Waals surface area (Å²) in [5.74, 6) is 0. The molecule has 0 radical (unpaired) electrons. The quantitative estimate of drug-likeness (QED) is 0.841. The van der Waals surface area contributed by atoms with E-state index in [-0.39, 0.29) is 5.54 Å². The summed E-state index contributed by atoms with van der Waals surface area (Å²) in [6.07, 6.45) is 5.84. The molecule has 0 spiro atoms. The molecule has 5 nitrogen and oxygen atoms in total. The van der Waals surface area contributed by atoms with Crippen LogP contribution in [0, 0.1) is 6.92 Å². The zero-order chi connectivity index (χ0) is 11.4. The van der Waals surface area contributed by atoms with Gasteiger partial charge in [0.15, 0.2) is 0 Å². The van der Waals surface area contributed by atoms with Crippen LogP contribution in [-0.2, 0) is 11.3 Å². The summed E-state index contributed by atoms with van der Waals surface area (Å²) in [4.78, 5) is 0. The maximum Gasteiger partial charge on any atom is 0.133 e. The first-order chi connectivity index (χ1) is 7.70. The van der Waals surface area contributed by atoms with Gasteiger partial charge < -0.3 is 10.5 Å². The molecule has 1 aromatic rings. The van der Waals surface area contributed by atoms with Gasteiger partial charge in [-0.15, -0.1) is 0 Å². The fourth-order valence-corrected chi connectivity index (χ4v) is 2.13. The van der Waals surface area contributed by atoms with Crippen LogP contribution in [0.1, 0.15) is 43.5 Å². The van der Waals surface area contributed by atoms with Gasteiger partial charge in [0.2, 0.25) is 0 Å². The Balaban J connectivity index is 1.77. The maximum atomic E-state index is 6.25. The van der Waals surface area contributed by atoms with Crippen molar-refractivity contribution in [1.29, 1.82) is 0 Å². The predicted molar refractivity (Wildman–Crippen MR) is 58.7 cm³/mol. The number of aryl methyl sites for hydroxylation is 1. The van der Waals surface area contributed by atoms with E-state index in [9.17, 15) is 0 Å². The lowest BCUT2D eigenvalue weighted by atomic mass is 9.83. The van der Waals surface area contributed by atoms with Crippen LogP contribution in [0.2, 0.25) is 0 Å². The van der Waals surface area contributed by atoms with E-state index >= 15 is 0 Å². The van der Waals surface area contributed by atoms with Crippen LogP contribution in [0.3, 0.4) is 0 Å². The standard InChI is InChI=1S/C11H19N3O2/c1-9-10(14-16-13-9)7-15-8-11(12)5-3-2-4-6-11/h2-8,12H2,1H3. The third kappa shape index (κ3) is 2.80. The van der Waals surface area contributed by atoms with Crippen LogP contribution in [-0.4, -0.2) is 22.5 Å². The van der Waals surface area contributed by atoms with E-state index in [4.69, 9.17) is 10.5 Å². The summed E-state index contributed by atoms with van der Waals surface area (Å²) in [5.41, 5.74) is 7.67. The molecule has 1 heterocycles. The van der Waals surface area contributed by atoms with E-state index < -0.39 is 0 Å². The summed E-state index contributed by atoms with van der Waals surface area (Å²) in [6, 6.07) is 0. The minimum Gasteiger partial charge on any atom is -0.373 e. The maximum absolute atomic E-state index is 6.25. The Labute approximate surface area is 95.3 Å². The molecule has 0 aromatic carbocycles. The number of aromatic nitrogens is 2. The average molecular weight is 225 g/mol. The van der Waals surface area contributed by atoms with Crippen LogP contribution in [0.5, 0.6) is 0 Å². The van der Waals surface area contributed by atoms with Gasteiger partial charge in [0.25, 0.3) is 0 Å². The topological polar surface area (TPSA) is 74.2 Å². The number of nitrogens with zero attached hydrogens (tertiary/aromatic N) is 2. The van der Waals surface area contributed by atoms with Crippen molar-refractivity contribution in [3.8, 4) is 0 Å². The number of hydrogen-bond donors (Lipinski definition) is 1. The lowest BCUT2D eigenvalue weighted by Gasteiger charge is -2.32. The van der Waals surface area contributed by atoms with Crippen LogP contribution in [0.25, 0.3) is 0 Å². The van der Waals surface area contributed by atoms with E-state index in [1.54, 1.807) is 0 Å².